The first-order valence-corrected chi connectivity index (χ1v) is 6.89. The van der Waals surface area contributed by atoms with Crippen molar-refractivity contribution in [2.24, 2.45) is 0 Å². The molecule has 114 valence electrons. The van der Waals surface area contributed by atoms with Gasteiger partial charge in [-0.25, -0.2) is 0 Å². The zero-order valence-corrected chi connectivity index (χ0v) is 12.8. The van der Waals surface area contributed by atoms with Crippen LogP contribution in [0.5, 0.6) is 5.75 Å². The number of halogens is 4. The van der Waals surface area contributed by atoms with Crippen LogP contribution in [0.25, 0.3) is 0 Å². The van der Waals surface area contributed by atoms with Crippen LogP contribution < -0.4 is 10.1 Å². The van der Waals surface area contributed by atoms with E-state index < -0.39 is 12.0 Å². The molecule has 0 aliphatic carbocycles. The van der Waals surface area contributed by atoms with Gasteiger partial charge in [-0.2, -0.15) is 0 Å². The second-order valence-electron chi connectivity index (χ2n) is 4.77. The van der Waals surface area contributed by atoms with Crippen molar-refractivity contribution < 1.29 is 23.0 Å². The van der Waals surface area contributed by atoms with E-state index in [1.165, 1.54) is 6.07 Å². The first-order valence-electron chi connectivity index (χ1n) is 6.10. The number of ether oxygens (including phenoxy) is 1. The number of alkyl halides is 3. The van der Waals surface area contributed by atoms with E-state index in [1.54, 1.807) is 19.1 Å². The second kappa shape index (κ2) is 6.78. The Kier molecular flexibility index (Phi) is 5.85. The number of nitrogens with one attached hydrogen (secondary N) is 1. The van der Waals surface area contributed by atoms with E-state index in [0.29, 0.717) is 19.5 Å². The third-order valence-electron chi connectivity index (χ3n) is 2.82. The summed E-state index contributed by atoms with van der Waals surface area (Å²) < 4.78 is 40.4. The van der Waals surface area contributed by atoms with Crippen molar-refractivity contribution in [3.63, 3.8) is 0 Å². The maximum Gasteiger partial charge on any atom is 0.573 e. The maximum atomic E-state index is 12.1. The fourth-order valence-corrected chi connectivity index (χ4v) is 1.97. The molecule has 1 aromatic rings. The second-order valence-corrected chi connectivity index (χ2v) is 5.62. The minimum absolute atomic E-state index is 0.233. The molecule has 0 aromatic heterocycles. The van der Waals surface area contributed by atoms with Crippen molar-refractivity contribution >= 4 is 15.9 Å². The van der Waals surface area contributed by atoms with E-state index in [9.17, 15) is 18.3 Å². The van der Waals surface area contributed by atoms with Gasteiger partial charge in [-0.15, -0.1) is 13.2 Å². The third-order valence-corrected chi connectivity index (χ3v) is 3.44. The van der Waals surface area contributed by atoms with Crippen LogP contribution in [0.3, 0.4) is 0 Å². The number of aliphatic hydroxyl groups is 1. The molecule has 1 atom stereocenters. The lowest BCUT2D eigenvalue weighted by Crippen LogP contribution is -2.36. The van der Waals surface area contributed by atoms with Crippen molar-refractivity contribution in [3.8, 4) is 5.75 Å². The molecule has 0 saturated heterocycles. The molecular weight excluding hydrogens is 339 g/mol. The van der Waals surface area contributed by atoms with Gasteiger partial charge >= 0.3 is 6.36 Å². The Morgan fingerprint density at radius 2 is 2.00 bits per heavy atom. The zero-order valence-electron chi connectivity index (χ0n) is 11.2. The van der Waals surface area contributed by atoms with E-state index in [4.69, 9.17) is 0 Å². The molecule has 7 heteroatoms. The molecule has 0 spiro atoms. The number of hydrogen-bond acceptors (Lipinski definition) is 3. The van der Waals surface area contributed by atoms with Crippen LogP contribution in [0, 0.1) is 0 Å². The average molecular weight is 356 g/mol. The molecule has 0 amide bonds. The van der Waals surface area contributed by atoms with Crippen molar-refractivity contribution in [2.45, 2.75) is 38.8 Å². The monoisotopic (exact) mass is 355 g/mol. The summed E-state index contributed by atoms with van der Waals surface area (Å²) in [5.41, 5.74) is -0.00498. The summed E-state index contributed by atoms with van der Waals surface area (Å²) in [4.78, 5) is 0. The number of hydrogen-bond donors (Lipinski definition) is 2. The number of benzene rings is 1. The van der Waals surface area contributed by atoms with E-state index in [2.05, 4.69) is 26.0 Å². The van der Waals surface area contributed by atoms with Gasteiger partial charge in [0.2, 0.25) is 0 Å². The molecule has 0 fully saturated rings. The Hall–Kier alpha value is -0.790. The fraction of sp³-hybridized carbons (Fsp3) is 0.538. The third kappa shape index (κ3) is 6.11. The Labute approximate surface area is 124 Å². The predicted molar refractivity (Wildman–Crippen MR) is 73.4 cm³/mol. The van der Waals surface area contributed by atoms with Gasteiger partial charge in [-0.1, -0.05) is 13.0 Å². The summed E-state index contributed by atoms with van der Waals surface area (Å²) in [7, 11) is 0. The number of rotatable bonds is 6. The Morgan fingerprint density at radius 3 is 2.50 bits per heavy atom. The largest absolute Gasteiger partial charge is 0.573 e. The van der Waals surface area contributed by atoms with Crippen LogP contribution in [-0.2, 0) is 6.54 Å². The highest BCUT2D eigenvalue weighted by Crippen LogP contribution is 2.31. The minimum atomic E-state index is -4.71. The van der Waals surface area contributed by atoms with Crippen molar-refractivity contribution in [2.75, 3.05) is 6.54 Å². The molecule has 20 heavy (non-hydrogen) atoms. The lowest BCUT2D eigenvalue weighted by Gasteiger charge is -2.21. The molecule has 1 aromatic carbocycles. The van der Waals surface area contributed by atoms with Crippen LogP contribution in [0.1, 0.15) is 25.8 Å². The fourth-order valence-electron chi connectivity index (χ4n) is 1.46. The highest BCUT2D eigenvalue weighted by molar-refractivity contribution is 9.10. The smallest absolute Gasteiger partial charge is 0.405 e. The minimum Gasteiger partial charge on any atom is -0.405 e. The SMILES string of the molecule is CCC(C)(O)CNCc1ccc(OC(F)(F)F)c(Br)c1. The van der Waals surface area contributed by atoms with E-state index in [-0.39, 0.29) is 10.2 Å². The van der Waals surface area contributed by atoms with Gasteiger partial charge in [0.1, 0.15) is 5.75 Å². The lowest BCUT2D eigenvalue weighted by molar-refractivity contribution is -0.274. The van der Waals surface area contributed by atoms with E-state index in [0.717, 1.165) is 5.56 Å². The molecular formula is C13H17BrF3NO2. The zero-order chi connectivity index (χ0) is 15.4. The van der Waals surface area contributed by atoms with Crippen LogP contribution >= 0.6 is 15.9 Å². The normalized spacial score (nSPS) is 14.9. The molecule has 1 rings (SSSR count). The molecule has 0 bridgehead atoms. The molecule has 0 aliphatic heterocycles. The maximum absolute atomic E-state index is 12.1. The standard InChI is InChI=1S/C13H17BrF3NO2/c1-3-12(2,19)8-18-7-9-4-5-11(10(14)6-9)20-13(15,16)17/h4-6,18-19H,3,7-8H2,1-2H3. The summed E-state index contributed by atoms with van der Waals surface area (Å²) >= 11 is 3.04. The highest BCUT2D eigenvalue weighted by atomic mass is 79.9. The molecule has 1 unspecified atom stereocenters. The molecule has 0 saturated carbocycles. The van der Waals surface area contributed by atoms with Crippen LogP contribution in [0.2, 0.25) is 0 Å². The highest BCUT2D eigenvalue weighted by Gasteiger charge is 2.31. The summed E-state index contributed by atoms with van der Waals surface area (Å²) in [6, 6.07) is 4.35. The Balaban J connectivity index is 2.60. The van der Waals surface area contributed by atoms with Crippen LogP contribution in [0.4, 0.5) is 13.2 Å². The molecule has 0 aliphatic rings. The van der Waals surface area contributed by atoms with E-state index in [1.807, 2.05) is 6.92 Å². The van der Waals surface area contributed by atoms with Crippen molar-refractivity contribution in [1.29, 1.82) is 0 Å². The summed E-state index contributed by atoms with van der Waals surface area (Å²) in [5, 5.41) is 12.9. The molecule has 0 radical (unpaired) electrons. The molecule has 2 N–H and O–H groups in total. The Morgan fingerprint density at radius 1 is 1.35 bits per heavy atom. The van der Waals surface area contributed by atoms with Gasteiger partial charge < -0.3 is 15.2 Å². The summed E-state index contributed by atoms with van der Waals surface area (Å²) in [6.45, 7) is 4.45. The van der Waals surface area contributed by atoms with Gasteiger partial charge in [0, 0.05) is 13.1 Å². The van der Waals surface area contributed by atoms with Gasteiger partial charge in [-0.3, -0.25) is 0 Å². The predicted octanol–water partition coefficient (Wildman–Crippen LogP) is 3.60. The summed E-state index contributed by atoms with van der Waals surface area (Å²) in [5.74, 6) is -0.276. The average Bonchev–Trinajstić information content (AvgIpc) is 2.31. The first-order chi connectivity index (χ1) is 9.13. The molecule has 3 nitrogen and oxygen atoms in total. The van der Waals surface area contributed by atoms with Gasteiger partial charge in [0.25, 0.3) is 0 Å². The van der Waals surface area contributed by atoms with Gasteiger partial charge in [0.15, 0.2) is 0 Å². The van der Waals surface area contributed by atoms with Crippen LogP contribution in [0.15, 0.2) is 22.7 Å². The Bertz CT molecular complexity index is 450. The van der Waals surface area contributed by atoms with Gasteiger partial charge in [-0.05, 0) is 47.0 Å². The van der Waals surface area contributed by atoms with Crippen LogP contribution in [-0.4, -0.2) is 23.6 Å². The lowest BCUT2D eigenvalue weighted by atomic mass is 10.0. The van der Waals surface area contributed by atoms with E-state index >= 15 is 0 Å². The first kappa shape index (κ1) is 17.3. The van der Waals surface area contributed by atoms with Crippen molar-refractivity contribution in [1.82, 2.24) is 5.32 Å². The summed E-state index contributed by atoms with van der Waals surface area (Å²) in [6.07, 6.45) is -4.09. The molecule has 0 heterocycles. The van der Waals surface area contributed by atoms with Crippen molar-refractivity contribution in [3.05, 3.63) is 28.2 Å². The quantitative estimate of drug-likeness (QED) is 0.819. The topological polar surface area (TPSA) is 41.5 Å². The van der Waals surface area contributed by atoms with Gasteiger partial charge in [0.05, 0.1) is 10.1 Å².